The van der Waals surface area contributed by atoms with Gasteiger partial charge in [-0.05, 0) is 47.9 Å². The zero-order chi connectivity index (χ0) is 26.0. The third-order valence-electron chi connectivity index (χ3n) is 6.00. The van der Waals surface area contributed by atoms with E-state index in [0.717, 1.165) is 43.2 Å². The van der Waals surface area contributed by atoms with Gasteiger partial charge in [0.2, 0.25) is 0 Å². The lowest BCUT2D eigenvalue weighted by Gasteiger charge is -2.30. The molecule has 1 fully saturated rings. The van der Waals surface area contributed by atoms with Gasteiger partial charge in [0, 0.05) is 17.0 Å². The van der Waals surface area contributed by atoms with E-state index in [9.17, 15) is 22.8 Å². The molecule has 4 nitrogen and oxygen atoms in total. The van der Waals surface area contributed by atoms with Gasteiger partial charge in [0.05, 0.1) is 18.8 Å². The molecule has 1 unspecified atom stereocenters. The SMILES string of the molecule is CCCC1COC(c2cc(F)c(C(OO)c3ccc(-c4cc(F)c(F)c(F)c4)c(F)c3)c(F)c2)OC1. The van der Waals surface area contributed by atoms with Crippen LogP contribution in [-0.4, -0.2) is 18.5 Å². The molecule has 1 atom stereocenters. The van der Waals surface area contributed by atoms with E-state index in [4.69, 9.17) is 9.47 Å². The molecular weight excluding hydrogens is 490 g/mol. The Morgan fingerprint density at radius 3 is 2.00 bits per heavy atom. The molecule has 0 aliphatic carbocycles. The molecule has 3 aromatic carbocycles. The monoisotopic (exact) mass is 512 g/mol. The van der Waals surface area contributed by atoms with E-state index in [2.05, 4.69) is 4.89 Å². The van der Waals surface area contributed by atoms with E-state index in [1.165, 1.54) is 0 Å². The summed E-state index contributed by atoms with van der Waals surface area (Å²) in [5.74, 6) is -7.79. The Bertz CT molecular complexity index is 1200. The fourth-order valence-corrected chi connectivity index (χ4v) is 4.22. The van der Waals surface area contributed by atoms with Crippen molar-refractivity contribution in [3.63, 3.8) is 0 Å². The largest absolute Gasteiger partial charge is 0.348 e. The van der Waals surface area contributed by atoms with Crippen molar-refractivity contribution in [2.75, 3.05) is 13.2 Å². The van der Waals surface area contributed by atoms with Crippen molar-refractivity contribution in [3.05, 3.63) is 94.1 Å². The molecule has 1 N–H and O–H groups in total. The lowest BCUT2D eigenvalue weighted by Crippen LogP contribution is -2.27. The van der Waals surface area contributed by atoms with Gasteiger partial charge in [0.25, 0.3) is 0 Å². The number of hydrogen-bond acceptors (Lipinski definition) is 4. The summed E-state index contributed by atoms with van der Waals surface area (Å²) in [5.41, 5.74) is -1.42. The Hall–Kier alpha value is -2.92. The lowest BCUT2D eigenvalue weighted by atomic mass is 9.95. The number of ether oxygens (including phenoxy) is 2. The highest BCUT2D eigenvalue weighted by Crippen LogP contribution is 2.36. The van der Waals surface area contributed by atoms with Crippen molar-refractivity contribution in [2.45, 2.75) is 32.2 Å². The first-order valence-corrected chi connectivity index (χ1v) is 11.2. The van der Waals surface area contributed by atoms with Crippen LogP contribution in [0.5, 0.6) is 0 Å². The van der Waals surface area contributed by atoms with Crippen LogP contribution in [0.1, 0.15) is 48.8 Å². The van der Waals surface area contributed by atoms with Crippen molar-refractivity contribution in [3.8, 4) is 11.1 Å². The van der Waals surface area contributed by atoms with Crippen LogP contribution in [0.4, 0.5) is 26.3 Å². The van der Waals surface area contributed by atoms with Gasteiger partial charge in [-0.2, -0.15) is 0 Å². The van der Waals surface area contributed by atoms with Gasteiger partial charge in [-0.25, -0.2) is 31.2 Å². The molecule has 1 saturated heterocycles. The van der Waals surface area contributed by atoms with Crippen molar-refractivity contribution in [1.82, 2.24) is 0 Å². The quantitative estimate of drug-likeness (QED) is 0.157. The van der Waals surface area contributed by atoms with Gasteiger partial charge in [-0.1, -0.05) is 25.5 Å². The smallest absolute Gasteiger partial charge is 0.194 e. The van der Waals surface area contributed by atoms with E-state index >= 15 is 8.78 Å². The maximum Gasteiger partial charge on any atom is 0.194 e. The van der Waals surface area contributed by atoms with Crippen LogP contribution >= 0.6 is 0 Å². The number of halogens is 6. The third kappa shape index (κ3) is 5.27. The second-order valence-corrected chi connectivity index (χ2v) is 8.53. The fourth-order valence-electron chi connectivity index (χ4n) is 4.22. The topological polar surface area (TPSA) is 47.9 Å². The molecule has 0 saturated carbocycles. The molecule has 0 aromatic heterocycles. The third-order valence-corrected chi connectivity index (χ3v) is 6.00. The zero-order valence-electron chi connectivity index (χ0n) is 19.0. The Kier molecular flexibility index (Phi) is 7.99. The Balaban J connectivity index is 1.61. The minimum atomic E-state index is -1.77. The Morgan fingerprint density at radius 2 is 1.47 bits per heavy atom. The number of hydrogen-bond donors (Lipinski definition) is 1. The lowest BCUT2D eigenvalue weighted by molar-refractivity contribution is -0.271. The molecule has 0 spiro atoms. The molecule has 192 valence electrons. The van der Waals surface area contributed by atoms with Crippen LogP contribution in [0.15, 0.2) is 42.5 Å². The van der Waals surface area contributed by atoms with Crippen LogP contribution < -0.4 is 0 Å². The van der Waals surface area contributed by atoms with E-state index in [0.29, 0.717) is 25.3 Å². The molecule has 0 bridgehead atoms. The summed E-state index contributed by atoms with van der Waals surface area (Å²) in [4.78, 5) is 4.29. The molecule has 1 aliphatic rings. The van der Waals surface area contributed by atoms with Crippen LogP contribution in [0, 0.1) is 40.8 Å². The second-order valence-electron chi connectivity index (χ2n) is 8.53. The first-order valence-electron chi connectivity index (χ1n) is 11.2. The number of rotatable bonds is 7. The van der Waals surface area contributed by atoms with Gasteiger partial charge in [0.1, 0.15) is 23.6 Å². The molecule has 1 heterocycles. The van der Waals surface area contributed by atoms with Gasteiger partial charge in [-0.3, -0.25) is 5.26 Å². The Labute approximate surface area is 203 Å². The maximum absolute atomic E-state index is 15.0. The van der Waals surface area contributed by atoms with Crippen LogP contribution in [0.2, 0.25) is 0 Å². The van der Waals surface area contributed by atoms with E-state index in [-0.39, 0.29) is 28.2 Å². The summed E-state index contributed by atoms with van der Waals surface area (Å²) in [6.07, 6.45) is -0.907. The highest BCUT2D eigenvalue weighted by Gasteiger charge is 2.29. The zero-order valence-corrected chi connectivity index (χ0v) is 19.0. The summed E-state index contributed by atoms with van der Waals surface area (Å²) in [5, 5.41) is 9.41. The molecule has 10 heteroatoms. The van der Waals surface area contributed by atoms with E-state index in [1.807, 2.05) is 6.92 Å². The normalized spacial score (nSPS) is 18.9. The van der Waals surface area contributed by atoms with Gasteiger partial charge in [0.15, 0.2) is 23.7 Å². The van der Waals surface area contributed by atoms with Crippen LogP contribution in [0.25, 0.3) is 11.1 Å². The molecular formula is C26H22F6O4. The van der Waals surface area contributed by atoms with E-state index < -0.39 is 52.9 Å². The predicted octanol–water partition coefficient (Wildman–Crippen LogP) is 7.23. The highest BCUT2D eigenvalue weighted by molar-refractivity contribution is 5.65. The minimum Gasteiger partial charge on any atom is -0.348 e. The average molecular weight is 512 g/mol. The molecule has 0 radical (unpaired) electrons. The minimum absolute atomic E-state index is 0.0854. The molecule has 0 amide bonds. The first-order chi connectivity index (χ1) is 17.2. The second kappa shape index (κ2) is 11.0. The number of benzene rings is 3. The van der Waals surface area contributed by atoms with E-state index in [1.54, 1.807) is 0 Å². The Morgan fingerprint density at radius 1 is 0.861 bits per heavy atom. The summed E-state index contributed by atoms with van der Waals surface area (Å²) in [7, 11) is 0. The van der Waals surface area contributed by atoms with Gasteiger partial charge >= 0.3 is 0 Å². The first kappa shape index (κ1) is 26.2. The average Bonchev–Trinajstić information content (AvgIpc) is 2.85. The summed E-state index contributed by atoms with van der Waals surface area (Å²) in [6.45, 7) is 2.77. The predicted molar refractivity (Wildman–Crippen MR) is 117 cm³/mol. The molecule has 3 aromatic rings. The summed E-state index contributed by atoms with van der Waals surface area (Å²) >= 11 is 0. The van der Waals surface area contributed by atoms with Gasteiger partial charge in [-0.15, -0.1) is 0 Å². The van der Waals surface area contributed by atoms with Crippen molar-refractivity contribution in [1.29, 1.82) is 0 Å². The molecule has 36 heavy (non-hydrogen) atoms. The summed E-state index contributed by atoms with van der Waals surface area (Å²) < 4.78 is 96.3. The van der Waals surface area contributed by atoms with Crippen molar-refractivity contribution >= 4 is 0 Å². The standard InChI is InChI=1S/C26H22F6O4/c1-2-3-13-11-34-26(35-12-13)16-9-19(28)23(20(29)10-16)25(36-33)14-4-5-17(18(27)6-14)15-7-21(30)24(32)22(31)8-15/h4-10,13,25-26,33H,2-3,11-12H2,1H3. The molecule has 1 aliphatic heterocycles. The van der Waals surface area contributed by atoms with Gasteiger partial charge < -0.3 is 9.47 Å². The maximum atomic E-state index is 15.0. The molecule has 4 rings (SSSR count). The fraction of sp³-hybridized carbons (Fsp3) is 0.308. The van der Waals surface area contributed by atoms with Crippen molar-refractivity contribution < 1.29 is 46.0 Å². The summed E-state index contributed by atoms with van der Waals surface area (Å²) in [6, 6.07) is 6.15. The highest BCUT2D eigenvalue weighted by atomic mass is 19.2. The van der Waals surface area contributed by atoms with Crippen LogP contribution in [0.3, 0.4) is 0 Å². The van der Waals surface area contributed by atoms with Crippen LogP contribution in [-0.2, 0) is 14.4 Å². The van der Waals surface area contributed by atoms with Crippen molar-refractivity contribution in [2.24, 2.45) is 5.92 Å².